The summed E-state index contributed by atoms with van der Waals surface area (Å²) in [5, 5.41) is 5.49. The molecule has 36 heavy (non-hydrogen) atoms. The number of hydrogen-bond donors (Lipinski definition) is 0. The molecule has 8 heteroatoms. The molecule has 0 fully saturated rings. The van der Waals surface area contributed by atoms with E-state index in [9.17, 15) is 4.79 Å². The van der Waals surface area contributed by atoms with Crippen LogP contribution in [0.1, 0.15) is 5.82 Å². The Balaban J connectivity index is 1.58. The van der Waals surface area contributed by atoms with E-state index in [-0.39, 0.29) is 5.56 Å². The van der Waals surface area contributed by atoms with Gasteiger partial charge in [-0.1, -0.05) is 54.1 Å². The molecule has 0 unspecified atom stereocenters. The summed E-state index contributed by atoms with van der Waals surface area (Å²) in [4.78, 5) is 27.4. The third-order valence-corrected chi connectivity index (χ3v) is 6.15. The predicted octanol–water partition coefficient (Wildman–Crippen LogP) is 5.66. The molecule has 3 aromatic heterocycles. The Bertz CT molecular complexity index is 1760. The molecule has 0 bridgehead atoms. The second-order valence-electron chi connectivity index (χ2n) is 8.25. The lowest BCUT2D eigenvalue weighted by atomic mass is 10.1. The maximum Gasteiger partial charge on any atom is 0.269 e. The fourth-order valence-electron chi connectivity index (χ4n) is 4.16. The van der Waals surface area contributed by atoms with E-state index in [0.29, 0.717) is 33.4 Å². The van der Waals surface area contributed by atoms with Gasteiger partial charge in [-0.25, -0.2) is 19.6 Å². The van der Waals surface area contributed by atoms with Gasteiger partial charge in [-0.2, -0.15) is 5.10 Å². The first-order valence-corrected chi connectivity index (χ1v) is 11.7. The quantitative estimate of drug-likeness (QED) is 0.319. The van der Waals surface area contributed by atoms with E-state index in [1.165, 1.54) is 0 Å². The largest absolute Gasteiger partial charge is 0.269 e. The van der Waals surface area contributed by atoms with Gasteiger partial charge in [0.05, 0.1) is 23.3 Å². The topological polar surface area (TPSA) is 78.5 Å². The van der Waals surface area contributed by atoms with E-state index >= 15 is 0 Å². The van der Waals surface area contributed by atoms with Crippen LogP contribution in [-0.2, 0) is 0 Å². The molecule has 0 aliphatic heterocycles. The van der Waals surface area contributed by atoms with Crippen LogP contribution in [0, 0.1) is 6.92 Å². The minimum atomic E-state index is -0.213. The normalized spacial score (nSPS) is 11.2. The highest BCUT2D eigenvalue weighted by atomic mass is 35.5. The molecule has 0 saturated carbocycles. The van der Waals surface area contributed by atoms with Crippen LogP contribution in [0.15, 0.2) is 102 Å². The zero-order chi connectivity index (χ0) is 24.6. The van der Waals surface area contributed by atoms with Gasteiger partial charge in [0, 0.05) is 22.3 Å². The average Bonchev–Trinajstić information content (AvgIpc) is 3.34. The molecule has 6 rings (SSSR count). The molecule has 0 atom stereocenters. The zero-order valence-corrected chi connectivity index (χ0v) is 20.0. The number of aryl methyl sites for hydroxylation is 1. The van der Waals surface area contributed by atoms with Crippen LogP contribution in [0.2, 0.25) is 5.02 Å². The van der Waals surface area contributed by atoms with Crippen molar-refractivity contribution in [1.29, 1.82) is 0 Å². The lowest BCUT2D eigenvalue weighted by molar-refractivity contribution is 0.888. The molecule has 6 aromatic rings. The van der Waals surface area contributed by atoms with Gasteiger partial charge in [-0.05, 0) is 49.4 Å². The van der Waals surface area contributed by atoms with Crippen LogP contribution in [0.25, 0.3) is 45.1 Å². The van der Waals surface area contributed by atoms with Crippen molar-refractivity contribution < 1.29 is 0 Å². The van der Waals surface area contributed by atoms with Gasteiger partial charge >= 0.3 is 0 Å². The van der Waals surface area contributed by atoms with Gasteiger partial charge in [0.2, 0.25) is 0 Å². The second kappa shape index (κ2) is 8.87. The summed E-state index contributed by atoms with van der Waals surface area (Å²) in [5.74, 6) is 1.20. The van der Waals surface area contributed by atoms with Crippen molar-refractivity contribution >= 4 is 22.6 Å². The van der Waals surface area contributed by atoms with Crippen LogP contribution in [-0.4, -0.2) is 29.3 Å². The highest BCUT2D eigenvalue weighted by Gasteiger charge is 2.18. The van der Waals surface area contributed by atoms with Crippen molar-refractivity contribution in [1.82, 2.24) is 29.3 Å². The minimum absolute atomic E-state index is 0.213. The van der Waals surface area contributed by atoms with E-state index in [1.807, 2.05) is 67.6 Å². The summed E-state index contributed by atoms with van der Waals surface area (Å²) >= 11 is 6.12. The number of para-hydroxylation sites is 1. The highest BCUT2D eigenvalue weighted by molar-refractivity contribution is 6.30. The molecule has 174 valence electrons. The first-order valence-electron chi connectivity index (χ1n) is 11.3. The number of nitrogens with zero attached hydrogens (tertiary/aromatic N) is 6. The second-order valence-corrected chi connectivity index (χ2v) is 8.68. The third-order valence-electron chi connectivity index (χ3n) is 5.90. The smallest absolute Gasteiger partial charge is 0.268 e. The number of halogens is 1. The Kier molecular flexibility index (Phi) is 5.39. The van der Waals surface area contributed by atoms with Crippen LogP contribution in [0.4, 0.5) is 0 Å². The number of benzene rings is 3. The molecule has 0 aliphatic rings. The monoisotopic (exact) mass is 490 g/mol. The Labute approximate surface area is 211 Å². The van der Waals surface area contributed by atoms with Crippen LogP contribution in [0.3, 0.4) is 0 Å². The van der Waals surface area contributed by atoms with E-state index in [4.69, 9.17) is 16.6 Å². The van der Waals surface area contributed by atoms with Crippen LogP contribution in [0.5, 0.6) is 0 Å². The lowest BCUT2D eigenvalue weighted by Crippen LogP contribution is -2.22. The molecule has 0 N–H and O–H groups in total. The molecule has 7 nitrogen and oxygen atoms in total. The van der Waals surface area contributed by atoms with E-state index < -0.39 is 0 Å². The van der Waals surface area contributed by atoms with Gasteiger partial charge in [0.1, 0.15) is 17.0 Å². The van der Waals surface area contributed by atoms with Gasteiger partial charge in [0.25, 0.3) is 5.56 Å². The van der Waals surface area contributed by atoms with Crippen molar-refractivity contribution in [2.75, 3.05) is 0 Å². The molecule has 3 heterocycles. The Hall–Kier alpha value is -4.62. The molecule has 0 saturated heterocycles. The Morgan fingerprint density at radius 2 is 1.50 bits per heavy atom. The first kappa shape index (κ1) is 21.9. The molecule has 0 spiro atoms. The molecule has 0 aliphatic carbocycles. The summed E-state index contributed by atoms with van der Waals surface area (Å²) in [6, 6.07) is 26.4. The molecular weight excluding hydrogens is 472 g/mol. The number of fused-ring (bicyclic) bond motifs is 1. The lowest BCUT2D eigenvalue weighted by Gasteiger charge is -2.14. The number of aromatic nitrogens is 6. The highest BCUT2D eigenvalue weighted by Crippen LogP contribution is 2.26. The van der Waals surface area contributed by atoms with Gasteiger partial charge in [-0.15, -0.1) is 0 Å². The summed E-state index contributed by atoms with van der Waals surface area (Å²) < 4.78 is 3.28. The Morgan fingerprint density at radius 3 is 2.22 bits per heavy atom. The van der Waals surface area contributed by atoms with Crippen molar-refractivity contribution in [2.45, 2.75) is 6.92 Å². The summed E-state index contributed by atoms with van der Waals surface area (Å²) in [6.45, 7) is 1.86. The maximum absolute atomic E-state index is 13.8. The van der Waals surface area contributed by atoms with Gasteiger partial charge < -0.3 is 0 Å². The van der Waals surface area contributed by atoms with Crippen molar-refractivity contribution in [3.05, 3.63) is 119 Å². The predicted molar refractivity (Wildman–Crippen MR) is 141 cm³/mol. The first-order chi connectivity index (χ1) is 17.6. The molecular formula is C28H19ClN6O. The zero-order valence-electron chi connectivity index (χ0n) is 19.2. The molecule has 3 aromatic carbocycles. The Morgan fingerprint density at radius 1 is 0.778 bits per heavy atom. The van der Waals surface area contributed by atoms with Crippen molar-refractivity contribution in [3.63, 3.8) is 0 Å². The summed E-state index contributed by atoms with van der Waals surface area (Å²) in [7, 11) is 0. The maximum atomic E-state index is 13.8. The fraction of sp³-hybridized carbons (Fsp3) is 0.0357. The van der Waals surface area contributed by atoms with Crippen molar-refractivity contribution in [2.24, 2.45) is 0 Å². The average molecular weight is 491 g/mol. The van der Waals surface area contributed by atoms with E-state index in [2.05, 4.69) is 15.1 Å². The fourth-order valence-corrected chi connectivity index (χ4v) is 4.28. The van der Waals surface area contributed by atoms with E-state index in [0.717, 1.165) is 22.5 Å². The third kappa shape index (κ3) is 3.85. The number of hydrogen-bond acceptors (Lipinski definition) is 5. The minimum Gasteiger partial charge on any atom is -0.268 e. The number of rotatable bonds is 4. The van der Waals surface area contributed by atoms with Crippen LogP contribution < -0.4 is 5.56 Å². The summed E-state index contributed by atoms with van der Waals surface area (Å²) in [6.07, 6.45) is 3.30. The summed E-state index contributed by atoms with van der Waals surface area (Å²) in [5.41, 5.74) is 4.31. The SMILES string of the molecule is Cc1nccc(-c2ccc(-c3nc4c(cnn4-c4ccccc4)c(=O)n3-c3ccc(Cl)cc3)cc2)n1. The standard InChI is InChI=1S/C28H19ClN6O/c1-18-30-16-15-25(32-18)19-7-9-20(10-8-19)26-33-27-24(17-31-35(27)23-5-3-2-4-6-23)28(36)34(26)22-13-11-21(29)12-14-22/h2-17H,1H3. The van der Waals surface area contributed by atoms with Crippen molar-refractivity contribution in [3.8, 4) is 34.0 Å². The van der Waals surface area contributed by atoms with Gasteiger partial charge in [0.15, 0.2) is 5.65 Å². The van der Waals surface area contributed by atoms with Gasteiger partial charge in [-0.3, -0.25) is 9.36 Å². The molecule has 0 radical (unpaired) electrons. The molecule has 0 amide bonds. The van der Waals surface area contributed by atoms with Crippen LogP contribution >= 0.6 is 11.6 Å². The van der Waals surface area contributed by atoms with E-state index in [1.54, 1.807) is 45.9 Å².